The van der Waals surface area contributed by atoms with Crippen LogP contribution in [0.5, 0.6) is 0 Å². The molecule has 0 aromatic carbocycles. The summed E-state index contributed by atoms with van der Waals surface area (Å²) in [6.45, 7) is 1.99. The van der Waals surface area contributed by atoms with Gasteiger partial charge < -0.3 is 9.88 Å². The summed E-state index contributed by atoms with van der Waals surface area (Å²) in [5, 5.41) is 2.71. The third-order valence-electron chi connectivity index (χ3n) is 2.45. The largest absolute Gasteiger partial charge is 0.338 e. The Labute approximate surface area is 101 Å². The summed E-state index contributed by atoms with van der Waals surface area (Å²) < 4.78 is 1.40. The smallest absolute Gasteiger partial charge is 0.252 e. The summed E-state index contributed by atoms with van der Waals surface area (Å²) in [4.78, 5) is 23.2. The van der Waals surface area contributed by atoms with Gasteiger partial charge in [0.05, 0.1) is 6.04 Å². The second-order valence-corrected chi connectivity index (χ2v) is 3.85. The molecular weight excluding hydrogens is 216 g/mol. The second kappa shape index (κ2) is 5.90. The van der Waals surface area contributed by atoms with Gasteiger partial charge >= 0.3 is 0 Å². The van der Waals surface area contributed by atoms with Gasteiger partial charge in [-0.3, -0.25) is 9.59 Å². The third kappa shape index (κ3) is 3.49. The fraction of sp³-hybridized carbons (Fsp3) is 0.385. The molecule has 1 aromatic rings. The first kappa shape index (κ1) is 13.0. The van der Waals surface area contributed by atoms with Crippen molar-refractivity contribution in [2.75, 3.05) is 0 Å². The molecule has 0 aliphatic heterocycles. The van der Waals surface area contributed by atoms with Crippen molar-refractivity contribution >= 4 is 5.91 Å². The third-order valence-corrected chi connectivity index (χ3v) is 2.45. The highest BCUT2D eigenvalue weighted by Gasteiger charge is 2.11. The van der Waals surface area contributed by atoms with Crippen LogP contribution >= 0.6 is 0 Å². The molecule has 90 valence electrons. The zero-order valence-electron chi connectivity index (χ0n) is 10.1. The Morgan fingerprint density at radius 1 is 1.65 bits per heavy atom. The van der Waals surface area contributed by atoms with Crippen molar-refractivity contribution in [3.8, 4) is 12.3 Å². The first-order valence-corrected chi connectivity index (χ1v) is 5.52. The molecule has 1 atom stereocenters. The van der Waals surface area contributed by atoms with Crippen molar-refractivity contribution in [3.05, 3.63) is 34.2 Å². The van der Waals surface area contributed by atoms with Crippen LogP contribution in [-0.4, -0.2) is 16.5 Å². The maximum atomic E-state index is 11.8. The molecule has 0 radical (unpaired) electrons. The number of hydrogen-bond acceptors (Lipinski definition) is 2. The number of aromatic nitrogens is 1. The van der Waals surface area contributed by atoms with E-state index in [4.69, 9.17) is 6.42 Å². The molecule has 1 heterocycles. The lowest BCUT2D eigenvalue weighted by Gasteiger charge is -2.11. The van der Waals surface area contributed by atoms with Gasteiger partial charge in [-0.05, 0) is 12.5 Å². The van der Waals surface area contributed by atoms with Crippen LogP contribution in [0.4, 0.5) is 0 Å². The lowest BCUT2D eigenvalue weighted by atomic mass is 10.1. The summed E-state index contributed by atoms with van der Waals surface area (Å²) in [5.74, 6) is 2.21. The van der Waals surface area contributed by atoms with Crippen molar-refractivity contribution in [1.29, 1.82) is 0 Å². The number of aryl methyl sites for hydroxylation is 1. The first-order chi connectivity index (χ1) is 8.08. The number of nitrogens with zero attached hydrogens (tertiary/aromatic N) is 1. The first-order valence-electron chi connectivity index (χ1n) is 5.52. The number of carbonyl (C=O) groups is 1. The van der Waals surface area contributed by atoms with E-state index < -0.39 is 0 Å². The Morgan fingerprint density at radius 3 is 2.88 bits per heavy atom. The minimum Gasteiger partial charge on any atom is -0.338 e. The average Bonchev–Trinajstić information content (AvgIpc) is 2.31. The molecule has 0 aliphatic carbocycles. The number of hydrogen-bond donors (Lipinski definition) is 1. The molecule has 0 saturated carbocycles. The van der Waals surface area contributed by atoms with Gasteiger partial charge in [0.25, 0.3) is 11.5 Å². The zero-order chi connectivity index (χ0) is 12.8. The summed E-state index contributed by atoms with van der Waals surface area (Å²) in [6.07, 6.45) is 8.49. The van der Waals surface area contributed by atoms with Crippen molar-refractivity contribution in [2.45, 2.75) is 25.8 Å². The lowest BCUT2D eigenvalue weighted by Crippen LogP contribution is -2.34. The predicted molar refractivity (Wildman–Crippen MR) is 66.7 cm³/mol. The quantitative estimate of drug-likeness (QED) is 0.785. The number of amides is 1. The molecule has 1 rings (SSSR count). The van der Waals surface area contributed by atoms with Gasteiger partial charge in [-0.1, -0.05) is 19.3 Å². The maximum absolute atomic E-state index is 11.8. The highest BCUT2D eigenvalue weighted by Crippen LogP contribution is 1.99. The molecule has 0 spiro atoms. The number of carbonyl (C=O) groups excluding carboxylic acids is 1. The normalized spacial score (nSPS) is 11.6. The molecule has 0 bridgehead atoms. The van der Waals surface area contributed by atoms with E-state index in [0.29, 0.717) is 5.56 Å². The van der Waals surface area contributed by atoms with Crippen molar-refractivity contribution in [2.24, 2.45) is 7.05 Å². The fourth-order valence-electron chi connectivity index (χ4n) is 1.42. The van der Waals surface area contributed by atoms with E-state index in [2.05, 4.69) is 11.2 Å². The van der Waals surface area contributed by atoms with Crippen LogP contribution in [0.3, 0.4) is 0 Å². The van der Waals surface area contributed by atoms with Crippen LogP contribution in [0.1, 0.15) is 30.1 Å². The number of rotatable bonds is 4. The molecule has 17 heavy (non-hydrogen) atoms. The van der Waals surface area contributed by atoms with Crippen LogP contribution in [0.15, 0.2) is 23.1 Å². The molecule has 1 amide bonds. The highest BCUT2D eigenvalue weighted by molar-refractivity contribution is 5.94. The van der Waals surface area contributed by atoms with Crippen LogP contribution in [0.25, 0.3) is 0 Å². The van der Waals surface area contributed by atoms with Gasteiger partial charge in [0.1, 0.15) is 0 Å². The number of terminal acetylenes is 1. The number of pyridine rings is 1. The van der Waals surface area contributed by atoms with Crippen LogP contribution in [0, 0.1) is 12.3 Å². The lowest BCUT2D eigenvalue weighted by molar-refractivity contribution is 0.0944. The van der Waals surface area contributed by atoms with E-state index in [1.165, 1.54) is 10.6 Å². The maximum Gasteiger partial charge on any atom is 0.252 e. The molecule has 0 fully saturated rings. The second-order valence-electron chi connectivity index (χ2n) is 3.85. The Kier molecular flexibility index (Phi) is 4.53. The molecule has 4 nitrogen and oxygen atoms in total. The van der Waals surface area contributed by atoms with E-state index in [-0.39, 0.29) is 17.5 Å². The van der Waals surface area contributed by atoms with Gasteiger partial charge in [-0.15, -0.1) is 6.42 Å². The van der Waals surface area contributed by atoms with E-state index in [9.17, 15) is 9.59 Å². The van der Waals surface area contributed by atoms with Gasteiger partial charge in [0.2, 0.25) is 0 Å². The Bertz CT molecular complexity index is 497. The van der Waals surface area contributed by atoms with Gasteiger partial charge in [-0.25, -0.2) is 0 Å². The average molecular weight is 232 g/mol. The molecule has 4 heteroatoms. The Balaban J connectivity index is 2.80. The minimum atomic E-state index is -0.306. The topological polar surface area (TPSA) is 51.1 Å². The Hall–Kier alpha value is -2.02. The van der Waals surface area contributed by atoms with Gasteiger partial charge in [-0.2, -0.15) is 0 Å². The minimum absolute atomic E-state index is 0.217. The van der Waals surface area contributed by atoms with Crippen molar-refractivity contribution < 1.29 is 4.79 Å². The molecular formula is C13H16N2O2. The van der Waals surface area contributed by atoms with Crippen molar-refractivity contribution in [1.82, 2.24) is 9.88 Å². The van der Waals surface area contributed by atoms with E-state index in [0.717, 1.165) is 12.8 Å². The summed E-state index contributed by atoms with van der Waals surface area (Å²) in [6, 6.07) is 2.61. The van der Waals surface area contributed by atoms with Crippen LogP contribution < -0.4 is 10.9 Å². The van der Waals surface area contributed by atoms with Gasteiger partial charge in [0, 0.05) is 24.9 Å². The molecule has 1 N–H and O–H groups in total. The fourth-order valence-corrected chi connectivity index (χ4v) is 1.42. The summed E-state index contributed by atoms with van der Waals surface area (Å²) >= 11 is 0. The van der Waals surface area contributed by atoms with E-state index >= 15 is 0 Å². The standard InChI is InChI=1S/C13H16N2O2/c1-4-6-11(5-2)14-13(17)10-7-8-15(3)12(16)9-10/h2,7-9,11H,4,6H2,1,3H3,(H,14,17). The van der Waals surface area contributed by atoms with Crippen LogP contribution in [-0.2, 0) is 7.05 Å². The van der Waals surface area contributed by atoms with E-state index in [1.807, 2.05) is 6.92 Å². The van der Waals surface area contributed by atoms with Crippen LogP contribution in [0.2, 0.25) is 0 Å². The SMILES string of the molecule is C#CC(CCC)NC(=O)c1ccn(C)c(=O)c1. The Morgan fingerprint density at radius 2 is 2.35 bits per heavy atom. The van der Waals surface area contributed by atoms with Gasteiger partial charge in [0.15, 0.2) is 0 Å². The van der Waals surface area contributed by atoms with Crippen molar-refractivity contribution in [3.63, 3.8) is 0 Å². The van der Waals surface area contributed by atoms with E-state index in [1.54, 1.807) is 19.3 Å². The molecule has 0 saturated heterocycles. The molecule has 1 aromatic heterocycles. The molecule has 0 aliphatic rings. The summed E-state index contributed by atoms with van der Waals surface area (Å²) in [5.41, 5.74) is 0.120. The zero-order valence-corrected chi connectivity index (χ0v) is 10.1. The monoisotopic (exact) mass is 232 g/mol. The number of nitrogens with one attached hydrogen (secondary N) is 1. The predicted octanol–water partition coefficient (Wildman–Crippen LogP) is 0.917. The summed E-state index contributed by atoms with van der Waals surface area (Å²) in [7, 11) is 1.63. The highest BCUT2D eigenvalue weighted by atomic mass is 16.2. The molecule has 1 unspecified atom stereocenters.